The van der Waals surface area contributed by atoms with E-state index in [2.05, 4.69) is 41.4 Å². The van der Waals surface area contributed by atoms with Gasteiger partial charge < -0.3 is 5.32 Å². The summed E-state index contributed by atoms with van der Waals surface area (Å²) in [7, 11) is 0. The first-order valence-corrected chi connectivity index (χ1v) is 6.91. The van der Waals surface area contributed by atoms with Gasteiger partial charge in [0.25, 0.3) is 0 Å². The van der Waals surface area contributed by atoms with Crippen molar-refractivity contribution < 1.29 is 0 Å². The van der Waals surface area contributed by atoms with Gasteiger partial charge in [-0.1, -0.05) is 6.92 Å². The summed E-state index contributed by atoms with van der Waals surface area (Å²) in [6.45, 7) is 10.2. The Bertz CT molecular complexity index is 321. The van der Waals surface area contributed by atoms with E-state index in [0.717, 1.165) is 19.6 Å². The van der Waals surface area contributed by atoms with E-state index >= 15 is 0 Å². The van der Waals surface area contributed by atoms with Gasteiger partial charge in [-0.05, 0) is 20.3 Å². The minimum absolute atomic E-state index is 0.0664. The Labute approximate surface area is 102 Å². The molecular weight excluding hydrogens is 218 g/mol. The molecule has 0 aromatic carbocycles. The van der Waals surface area contributed by atoms with Crippen molar-refractivity contribution in [3.63, 3.8) is 0 Å². The first-order valence-electron chi connectivity index (χ1n) is 6.03. The van der Waals surface area contributed by atoms with E-state index in [-0.39, 0.29) is 5.54 Å². The van der Waals surface area contributed by atoms with Gasteiger partial charge in [0.1, 0.15) is 5.01 Å². The van der Waals surface area contributed by atoms with Gasteiger partial charge in [-0.3, -0.25) is 4.90 Å². The Morgan fingerprint density at radius 2 is 2.44 bits per heavy atom. The molecule has 1 aliphatic rings. The second-order valence-electron chi connectivity index (χ2n) is 4.86. The van der Waals surface area contributed by atoms with Crippen molar-refractivity contribution in [3.8, 4) is 0 Å². The third-order valence-corrected chi connectivity index (χ3v) is 4.58. The normalized spacial score (nSPS) is 23.6. The molecule has 1 atom stereocenters. The molecule has 1 aromatic rings. The lowest BCUT2D eigenvalue weighted by atomic mass is 9.98. The predicted octanol–water partition coefficient (Wildman–Crippen LogP) is 2.06. The molecule has 3 nitrogen and oxygen atoms in total. The summed E-state index contributed by atoms with van der Waals surface area (Å²) in [5, 5.41) is 6.77. The third kappa shape index (κ3) is 2.14. The molecule has 2 rings (SSSR count). The molecule has 0 aliphatic carbocycles. The van der Waals surface area contributed by atoms with Gasteiger partial charge in [0, 0.05) is 37.3 Å². The Morgan fingerprint density at radius 3 is 3.06 bits per heavy atom. The zero-order valence-corrected chi connectivity index (χ0v) is 11.2. The molecule has 0 radical (unpaired) electrons. The maximum absolute atomic E-state index is 4.49. The SMILES string of the molecule is CCC1CNCCN1C(C)(C)c1nccs1. The lowest BCUT2D eigenvalue weighted by molar-refractivity contribution is 0.0447. The molecule has 0 spiro atoms. The van der Waals surface area contributed by atoms with E-state index in [0.29, 0.717) is 6.04 Å². The smallest absolute Gasteiger partial charge is 0.112 e. The Morgan fingerprint density at radius 1 is 1.62 bits per heavy atom. The minimum Gasteiger partial charge on any atom is -0.314 e. The highest BCUT2D eigenvalue weighted by molar-refractivity contribution is 7.09. The fraction of sp³-hybridized carbons (Fsp3) is 0.750. The van der Waals surface area contributed by atoms with Crippen LogP contribution in [0.3, 0.4) is 0 Å². The first-order chi connectivity index (χ1) is 7.66. The second kappa shape index (κ2) is 4.82. The van der Waals surface area contributed by atoms with E-state index in [1.165, 1.54) is 11.4 Å². The number of piperazine rings is 1. The summed E-state index contributed by atoms with van der Waals surface area (Å²) in [5.41, 5.74) is 0.0664. The van der Waals surface area contributed by atoms with Crippen LogP contribution in [0.15, 0.2) is 11.6 Å². The van der Waals surface area contributed by atoms with Crippen LogP contribution in [0.4, 0.5) is 0 Å². The molecule has 0 saturated carbocycles. The molecule has 1 aromatic heterocycles. The average Bonchev–Trinajstić information content (AvgIpc) is 2.83. The van der Waals surface area contributed by atoms with Crippen molar-refractivity contribution >= 4 is 11.3 Å². The predicted molar refractivity (Wildman–Crippen MR) is 68.8 cm³/mol. The summed E-state index contributed by atoms with van der Waals surface area (Å²) >= 11 is 1.76. The number of aromatic nitrogens is 1. The van der Waals surface area contributed by atoms with Gasteiger partial charge in [-0.15, -0.1) is 11.3 Å². The fourth-order valence-electron chi connectivity index (χ4n) is 2.51. The lowest BCUT2D eigenvalue weighted by Crippen LogP contribution is -2.57. The van der Waals surface area contributed by atoms with Crippen molar-refractivity contribution in [2.45, 2.75) is 38.8 Å². The largest absolute Gasteiger partial charge is 0.314 e. The molecule has 90 valence electrons. The standard InChI is InChI=1S/C12H21N3S/c1-4-10-9-13-5-7-15(10)12(2,3)11-14-6-8-16-11/h6,8,10,13H,4-5,7,9H2,1-3H3. The topological polar surface area (TPSA) is 28.2 Å². The summed E-state index contributed by atoms with van der Waals surface area (Å²) in [6.07, 6.45) is 3.10. The Kier molecular flexibility index (Phi) is 3.62. The molecule has 0 amide bonds. The number of rotatable bonds is 3. The number of hydrogen-bond donors (Lipinski definition) is 1. The van der Waals surface area contributed by atoms with Crippen LogP contribution in [-0.2, 0) is 5.54 Å². The maximum Gasteiger partial charge on any atom is 0.112 e. The maximum atomic E-state index is 4.49. The van der Waals surface area contributed by atoms with Crippen LogP contribution in [0.2, 0.25) is 0 Å². The van der Waals surface area contributed by atoms with E-state index in [1.807, 2.05) is 6.20 Å². The van der Waals surface area contributed by atoms with Gasteiger partial charge in [0.05, 0.1) is 5.54 Å². The van der Waals surface area contributed by atoms with E-state index in [9.17, 15) is 0 Å². The molecule has 1 fully saturated rings. The summed E-state index contributed by atoms with van der Waals surface area (Å²) in [6, 6.07) is 0.632. The number of hydrogen-bond acceptors (Lipinski definition) is 4. The summed E-state index contributed by atoms with van der Waals surface area (Å²) in [4.78, 5) is 7.09. The van der Waals surface area contributed by atoms with E-state index in [1.54, 1.807) is 11.3 Å². The molecule has 0 bridgehead atoms. The zero-order valence-electron chi connectivity index (χ0n) is 10.4. The molecule has 1 unspecified atom stereocenters. The lowest BCUT2D eigenvalue weighted by Gasteiger charge is -2.45. The highest BCUT2D eigenvalue weighted by Crippen LogP contribution is 2.32. The van der Waals surface area contributed by atoms with Gasteiger partial charge in [0.2, 0.25) is 0 Å². The molecule has 2 heterocycles. The fourth-order valence-corrected chi connectivity index (χ4v) is 3.29. The van der Waals surface area contributed by atoms with Crippen LogP contribution < -0.4 is 5.32 Å². The molecule has 4 heteroatoms. The molecule has 1 N–H and O–H groups in total. The minimum atomic E-state index is 0.0664. The van der Waals surface area contributed by atoms with Gasteiger partial charge in [-0.25, -0.2) is 4.98 Å². The van der Waals surface area contributed by atoms with Crippen molar-refractivity contribution in [2.75, 3.05) is 19.6 Å². The molecular formula is C12H21N3S. The van der Waals surface area contributed by atoms with Gasteiger partial charge in [0.15, 0.2) is 0 Å². The van der Waals surface area contributed by atoms with Crippen LogP contribution in [0.25, 0.3) is 0 Å². The van der Waals surface area contributed by atoms with Crippen LogP contribution in [0.5, 0.6) is 0 Å². The van der Waals surface area contributed by atoms with Crippen molar-refractivity contribution in [3.05, 3.63) is 16.6 Å². The van der Waals surface area contributed by atoms with Crippen LogP contribution in [-0.4, -0.2) is 35.6 Å². The highest BCUT2D eigenvalue weighted by Gasteiger charge is 2.36. The van der Waals surface area contributed by atoms with Gasteiger partial charge >= 0.3 is 0 Å². The highest BCUT2D eigenvalue weighted by atomic mass is 32.1. The number of thiazole rings is 1. The second-order valence-corrected chi connectivity index (χ2v) is 5.75. The Balaban J connectivity index is 2.21. The van der Waals surface area contributed by atoms with Gasteiger partial charge in [-0.2, -0.15) is 0 Å². The average molecular weight is 239 g/mol. The number of nitrogens with zero attached hydrogens (tertiary/aromatic N) is 2. The summed E-state index contributed by atoms with van der Waals surface area (Å²) < 4.78 is 0. The molecule has 1 aliphatic heterocycles. The van der Waals surface area contributed by atoms with Crippen molar-refractivity contribution in [2.24, 2.45) is 0 Å². The third-order valence-electron chi connectivity index (χ3n) is 3.50. The van der Waals surface area contributed by atoms with Crippen LogP contribution in [0.1, 0.15) is 32.2 Å². The first kappa shape index (κ1) is 12.0. The number of nitrogens with one attached hydrogen (secondary N) is 1. The quantitative estimate of drug-likeness (QED) is 0.875. The van der Waals surface area contributed by atoms with E-state index in [4.69, 9.17) is 0 Å². The summed E-state index contributed by atoms with van der Waals surface area (Å²) in [5.74, 6) is 0. The monoisotopic (exact) mass is 239 g/mol. The van der Waals surface area contributed by atoms with Crippen molar-refractivity contribution in [1.82, 2.24) is 15.2 Å². The van der Waals surface area contributed by atoms with Crippen molar-refractivity contribution in [1.29, 1.82) is 0 Å². The van der Waals surface area contributed by atoms with Crippen LogP contribution in [0, 0.1) is 0 Å². The molecule has 16 heavy (non-hydrogen) atoms. The molecule has 1 saturated heterocycles. The van der Waals surface area contributed by atoms with E-state index < -0.39 is 0 Å². The Hall–Kier alpha value is -0.450. The van der Waals surface area contributed by atoms with Crippen LogP contribution >= 0.6 is 11.3 Å². The zero-order chi connectivity index (χ0) is 11.6.